The number of aromatic nitrogens is 2. The van der Waals surface area contributed by atoms with Crippen LogP contribution in [0.1, 0.15) is 36.5 Å². The van der Waals surface area contributed by atoms with Gasteiger partial charge in [0.05, 0.1) is 13.2 Å². The van der Waals surface area contributed by atoms with Crippen LogP contribution in [0.5, 0.6) is 5.75 Å². The summed E-state index contributed by atoms with van der Waals surface area (Å²) in [6.45, 7) is 6.71. The Hall–Kier alpha value is -2.83. The van der Waals surface area contributed by atoms with Crippen molar-refractivity contribution >= 4 is 11.8 Å². The zero-order valence-corrected chi connectivity index (χ0v) is 19.2. The number of carbonyl (C=O) groups is 1. The van der Waals surface area contributed by atoms with Gasteiger partial charge in [0.25, 0.3) is 0 Å². The largest absolute Gasteiger partial charge is 0.497 e. The molecule has 0 aliphatic carbocycles. The van der Waals surface area contributed by atoms with Crippen LogP contribution in [0.25, 0.3) is 0 Å². The molecule has 0 radical (unpaired) electrons. The molecule has 2 aromatic rings. The third kappa shape index (κ3) is 4.18. The first-order valence-corrected chi connectivity index (χ1v) is 11.1. The summed E-state index contributed by atoms with van der Waals surface area (Å²) in [5, 5.41) is 0. The lowest BCUT2D eigenvalue weighted by atomic mass is 9.89. The fraction of sp³-hybridized carbons (Fsp3) is 0.542. The van der Waals surface area contributed by atoms with Crippen molar-refractivity contribution < 1.29 is 9.53 Å². The highest BCUT2D eigenvalue weighted by Crippen LogP contribution is 2.46. The van der Waals surface area contributed by atoms with Gasteiger partial charge in [0.2, 0.25) is 0 Å². The molecule has 1 aromatic heterocycles. The quantitative estimate of drug-likeness (QED) is 0.736. The fourth-order valence-corrected chi connectivity index (χ4v) is 5.07. The zero-order chi connectivity index (χ0) is 22.1. The Kier molecular flexibility index (Phi) is 6.03. The number of ether oxygens (including phenoxy) is 1. The zero-order valence-electron chi connectivity index (χ0n) is 19.2. The molecule has 31 heavy (non-hydrogen) atoms. The lowest BCUT2D eigenvalue weighted by molar-refractivity contribution is 0.159. The number of nitrogens with zero attached hydrogens (tertiary/aromatic N) is 5. The van der Waals surface area contributed by atoms with E-state index in [9.17, 15) is 4.79 Å². The molecule has 0 unspecified atom stereocenters. The number of hydrogen-bond donors (Lipinski definition) is 0. The topological polar surface area (TPSA) is 61.8 Å². The van der Waals surface area contributed by atoms with Gasteiger partial charge in [-0.15, -0.1) is 0 Å². The summed E-state index contributed by atoms with van der Waals surface area (Å²) >= 11 is 0. The number of benzene rings is 1. The van der Waals surface area contributed by atoms with E-state index in [-0.39, 0.29) is 12.1 Å². The van der Waals surface area contributed by atoms with Gasteiger partial charge in [-0.05, 0) is 31.0 Å². The molecular formula is C24H33N5O2. The molecule has 166 valence electrons. The Morgan fingerprint density at radius 2 is 1.90 bits per heavy atom. The third-order valence-corrected chi connectivity index (χ3v) is 6.46. The van der Waals surface area contributed by atoms with E-state index in [1.54, 1.807) is 12.0 Å². The number of fused-ring (bicyclic) bond motifs is 1. The minimum Gasteiger partial charge on any atom is -0.497 e. The molecule has 0 bridgehead atoms. The molecule has 2 amide bonds. The van der Waals surface area contributed by atoms with Crippen LogP contribution >= 0.6 is 0 Å². The number of rotatable bonds is 5. The van der Waals surface area contributed by atoms with Crippen LogP contribution in [0, 0.1) is 18.8 Å². The monoisotopic (exact) mass is 423 g/mol. The van der Waals surface area contributed by atoms with Crippen molar-refractivity contribution in [2.45, 2.75) is 32.7 Å². The number of methoxy groups -OCH3 is 1. The SMILES string of the molecule is CCCc1cc(N2C[C@@H]3CN(C(=O)N(C)C)[C@@H](c4ccc(OC)cc4)[C@@H]3C2)nc(C)n1. The molecule has 4 rings (SSSR count). The Morgan fingerprint density at radius 1 is 1.16 bits per heavy atom. The number of anilines is 1. The maximum absolute atomic E-state index is 13.0. The first-order valence-electron chi connectivity index (χ1n) is 11.1. The van der Waals surface area contributed by atoms with E-state index < -0.39 is 0 Å². The first kappa shape index (κ1) is 21.4. The Labute approximate surface area is 185 Å². The van der Waals surface area contributed by atoms with Crippen LogP contribution in [-0.2, 0) is 6.42 Å². The third-order valence-electron chi connectivity index (χ3n) is 6.46. The van der Waals surface area contributed by atoms with Gasteiger partial charge in [0.1, 0.15) is 17.4 Å². The highest BCUT2D eigenvalue weighted by atomic mass is 16.5. The number of likely N-dealkylation sites (tertiary alicyclic amines) is 1. The predicted octanol–water partition coefficient (Wildman–Crippen LogP) is 3.54. The van der Waals surface area contributed by atoms with Gasteiger partial charge < -0.3 is 19.4 Å². The number of urea groups is 1. The molecule has 7 heteroatoms. The number of hydrogen-bond acceptors (Lipinski definition) is 5. The molecule has 1 aromatic carbocycles. The molecule has 7 nitrogen and oxygen atoms in total. The molecule has 3 atom stereocenters. The molecule has 0 saturated carbocycles. The van der Waals surface area contributed by atoms with Crippen molar-refractivity contribution in [3.63, 3.8) is 0 Å². The van der Waals surface area contributed by atoms with Gasteiger partial charge in [-0.2, -0.15) is 0 Å². The lowest BCUT2D eigenvalue weighted by Crippen LogP contribution is -2.41. The van der Waals surface area contributed by atoms with Gasteiger partial charge >= 0.3 is 6.03 Å². The Balaban J connectivity index is 1.62. The van der Waals surface area contributed by atoms with Crippen LogP contribution in [0.4, 0.5) is 10.6 Å². The number of amides is 2. The van der Waals surface area contributed by atoms with Crippen LogP contribution in [0.2, 0.25) is 0 Å². The maximum atomic E-state index is 13.0. The van der Waals surface area contributed by atoms with E-state index >= 15 is 0 Å². The number of aryl methyl sites for hydroxylation is 2. The summed E-state index contributed by atoms with van der Waals surface area (Å²) in [6.07, 6.45) is 2.04. The standard InChI is InChI=1S/C24H33N5O2/c1-6-7-19-12-22(26-16(2)25-19)28-13-18-14-29(24(30)27(3)4)23(21(18)15-28)17-8-10-20(31-5)11-9-17/h8-12,18,21,23H,6-7,13-15H2,1-5H3/t18-,21-,23+/m1/s1. The van der Waals surface area contributed by atoms with Gasteiger partial charge in [-0.25, -0.2) is 14.8 Å². The summed E-state index contributed by atoms with van der Waals surface area (Å²) in [4.78, 5) is 28.4. The molecule has 3 heterocycles. The van der Waals surface area contributed by atoms with E-state index in [1.165, 1.54) is 0 Å². The summed E-state index contributed by atoms with van der Waals surface area (Å²) in [5.41, 5.74) is 2.27. The summed E-state index contributed by atoms with van der Waals surface area (Å²) in [6, 6.07) is 10.4. The molecule has 2 aliphatic heterocycles. The van der Waals surface area contributed by atoms with E-state index in [0.717, 1.165) is 61.1 Å². The van der Waals surface area contributed by atoms with E-state index in [2.05, 4.69) is 35.0 Å². The van der Waals surface area contributed by atoms with Crippen LogP contribution in [-0.4, -0.2) is 66.6 Å². The van der Waals surface area contributed by atoms with E-state index in [1.807, 2.05) is 38.1 Å². The van der Waals surface area contributed by atoms with Crippen molar-refractivity contribution in [3.05, 3.63) is 47.4 Å². The highest BCUT2D eigenvalue weighted by molar-refractivity contribution is 5.75. The normalized spacial score (nSPS) is 22.5. The van der Waals surface area contributed by atoms with Gasteiger partial charge in [-0.1, -0.05) is 25.5 Å². The fourth-order valence-electron chi connectivity index (χ4n) is 5.07. The molecule has 2 saturated heterocycles. The predicted molar refractivity (Wildman–Crippen MR) is 121 cm³/mol. The Morgan fingerprint density at radius 3 is 2.55 bits per heavy atom. The second-order valence-corrected chi connectivity index (χ2v) is 8.89. The smallest absolute Gasteiger partial charge is 0.320 e. The average molecular weight is 424 g/mol. The van der Waals surface area contributed by atoms with Crippen molar-refractivity contribution in [3.8, 4) is 5.75 Å². The Bertz CT molecular complexity index is 930. The van der Waals surface area contributed by atoms with Crippen molar-refractivity contribution in [2.24, 2.45) is 11.8 Å². The summed E-state index contributed by atoms with van der Waals surface area (Å²) in [7, 11) is 5.33. The van der Waals surface area contributed by atoms with Crippen molar-refractivity contribution in [2.75, 3.05) is 45.7 Å². The lowest BCUT2D eigenvalue weighted by Gasteiger charge is -2.32. The van der Waals surface area contributed by atoms with Crippen LogP contribution in [0.15, 0.2) is 30.3 Å². The number of carbonyl (C=O) groups excluding carboxylic acids is 1. The molecule has 0 N–H and O–H groups in total. The van der Waals surface area contributed by atoms with Gasteiger partial charge in [0.15, 0.2) is 0 Å². The second kappa shape index (κ2) is 8.73. The van der Waals surface area contributed by atoms with Crippen LogP contribution < -0.4 is 9.64 Å². The minimum absolute atomic E-state index is 0.0499. The van der Waals surface area contributed by atoms with E-state index in [4.69, 9.17) is 9.72 Å². The van der Waals surface area contributed by atoms with Crippen LogP contribution in [0.3, 0.4) is 0 Å². The maximum Gasteiger partial charge on any atom is 0.320 e. The van der Waals surface area contributed by atoms with Crippen molar-refractivity contribution in [1.82, 2.24) is 19.8 Å². The highest BCUT2D eigenvalue weighted by Gasteiger charge is 2.49. The minimum atomic E-state index is 0.0499. The van der Waals surface area contributed by atoms with Gasteiger partial charge in [0, 0.05) is 57.3 Å². The second-order valence-electron chi connectivity index (χ2n) is 8.89. The molecule has 0 spiro atoms. The average Bonchev–Trinajstić information content (AvgIpc) is 3.31. The summed E-state index contributed by atoms with van der Waals surface area (Å²) in [5.74, 6) is 3.46. The van der Waals surface area contributed by atoms with Gasteiger partial charge in [-0.3, -0.25) is 0 Å². The molecular weight excluding hydrogens is 390 g/mol. The molecule has 2 aliphatic rings. The van der Waals surface area contributed by atoms with E-state index in [0.29, 0.717) is 11.8 Å². The first-order chi connectivity index (χ1) is 14.9. The molecule has 2 fully saturated rings. The van der Waals surface area contributed by atoms with Crippen molar-refractivity contribution in [1.29, 1.82) is 0 Å². The summed E-state index contributed by atoms with van der Waals surface area (Å²) < 4.78 is 5.34.